The van der Waals surface area contributed by atoms with E-state index < -0.39 is 15.6 Å². The maximum Gasteiger partial charge on any atom is 0.475 e. The highest BCUT2D eigenvalue weighted by Gasteiger charge is 2.27. The van der Waals surface area contributed by atoms with Crippen LogP contribution >= 0.6 is 15.6 Å². The van der Waals surface area contributed by atoms with Crippen molar-refractivity contribution >= 4 is 15.6 Å². The van der Waals surface area contributed by atoms with Crippen LogP contribution in [0.15, 0.2) is 0 Å². The fourth-order valence-electron chi connectivity index (χ4n) is 4.26. The van der Waals surface area contributed by atoms with Gasteiger partial charge in [-0.2, -0.15) is 0 Å². The van der Waals surface area contributed by atoms with E-state index in [0.717, 1.165) is 0 Å². The van der Waals surface area contributed by atoms with Crippen LogP contribution in [0.5, 0.6) is 0 Å². The molecule has 0 heterocycles. The molecule has 0 fully saturated rings. The second-order valence-electron chi connectivity index (χ2n) is 13.2. The number of phosphoric acid groups is 2. The van der Waals surface area contributed by atoms with Crippen molar-refractivity contribution in [1.82, 2.24) is 0 Å². The molecule has 0 aliphatic rings. The van der Waals surface area contributed by atoms with Crippen LogP contribution in [0.4, 0.5) is 0 Å². The Morgan fingerprint density at radius 1 is 0.171 bits per heavy atom. The van der Waals surface area contributed by atoms with Crippen molar-refractivity contribution in [3.63, 3.8) is 0 Å². The first kappa shape index (κ1) is 71.6. The molecule has 0 rings (SSSR count). The molecule has 0 bridgehead atoms. The molecule has 0 atom stereocenters. The van der Waals surface area contributed by atoms with Gasteiger partial charge in [-0.15, -0.1) is 0 Å². The summed E-state index contributed by atoms with van der Waals surface area (Å²) in [6.45, 7) is 12.3. The molecule has 0 radical (unpaired) electrons. The van der Waals surface area contributed by atoms with Crippen LogP contribution in [0.1, 0.15) is 0 Å². The minimum Gasteiger partial charge on any atom is -0.382 e. The summed E-state index contributed by atoms with van der Waals surface area (Å²) in [7, 11) is 2.01. The minimum atomic E-state index is -3.81. The molecule has 28 heteroatoms. The minimum absolute atomic E-state index is 0.0255. The fourth-order valence-corrected chi connectivity index (χ4v) is 6.49. The molecule has 0 spiro atoms. The highest BCUT2D eigenvalue weighted by Crippen LogP contribution is 2.49. The zero-order valence-electron chi connectivity index (χ0n) is 43.0. The van der Waals surface area contributed by atoms with Crippen LogP contribution in [0.25, 0.3) is 0 Å². The zero-order chi connectivity index (χ0) is 51.4. The molecule has 0 amide bonds. The Bertz CT molecular complexity index is 874. The number of rotatable bonds is 60. The van der Waals surface area contributed by atoms with Crippen LogP contribution in [0, 0.1) is 0 Å². The van der Waals surface area contributed by atoms with Crippen LogP contribution in [-0.4, -0.2) is 281 Å². The molecule has 0 saturated heterocycles. The number of phosphoric ester groups is 2. The fraction of sp³-hybridized carbons (Fsp3) is 1.00. The number of hydrogen-bond acceptors (Lipinski definition) is 26. The summed E-state index contributed by atoms with van der Waals surface area (Å²) in [5.74, 6) is 0. The third-order valence-electron chi connectivity index (χ3n) is 7.69. The largest absolute Gasteiger partial charge is 0.475 e. The van der Waals surface area contributed by atoms with Gasteiger partial charge in [0, 0.05) is 42.7 Å². The van der Waals surface area contributed by atoms with Crippen LogP contribution in [0.3, 0.4) is 0 Å². The average Bonchev–Trinajstić information content (AvgIpc) is 3.36. The lowest BCUT2D eigenvalue weighted by Gasteiger charge is -2.18. The van der Waals surface area contributed by atoms with Gasteiger partial charge >= 0.3 is 15.6 Å². The topological polar surface area (TPSA) is 256 Å². The number of hydrogen-bond donors (Lipinski definition) is 0. The summed E-state index contributed by atoms with van der Waals surface area (Å²) in [6.07, 6.45) is 0. The second kappa shape index (κ2) is 61.1. The average molecular weight is 1070 g/mol. The Hall–Kier alpha value is -0.500. The van der Waals surface area contributed by atoms with Crippen molar-refractivity contribution in [2.24, 2.45) is 0 Å². The van der Waals surface area contributed by atoms with Crippen molar-refractivity contribution in [3.8, 4) is 0 Å². The van der Waals surface area contributed by atoms with Gasteiger partial charge in [-0.1, -0.05) is 0 Å². The molecule has 0 aliphatic carbocycles. The normalized spacial score (nSPS) is 12.0. The third-order valence-corrected chi connectivity index (χ3v) is 10.7. The van der Waals surface area contributed by atoms with Crippen LogP contribution < -0.4 is 0 Å². The van der Waals surface area contributed by atoms with E-state index in [0.29, 0.717) is 159 Å². The Kier molecular flexibility index (Phi) is 62.4. The summed E-state index contributed by atoms with van der Waals surface area (Å²) < 4.78 is 151. The van der Waals surface area contributed by atoms with Gasteiger partial charge in [-0.3, -0.25) is 27.1 Å². The lowest BCUT2D eigenvalue weighted by molar-refractivity contribution is -0.00246. The third kappa shape index (κ3) is 58.4. The smallest absolute Gasteiger partial charge is 0.382 e. The highest BCUT2D eigenvalue weighted by atomic mass is 31.2. The molecule has 0 unspecified atom stereocenters. The Morgan fingerprint density at radius 3 is 0.386 bits per heavy atom. The van der Waals surface area contributed by atoms with Gasteiger partial charge in [-0.05, 0) is 0 Å². The molecule has 70 heavy (non-hydrogen) atoms. The Morgan fingerprint density at radius 2 is 0.271 bits per heavy atom. The standard InChI is InChI=1S/2C21H45O13P/c2*1-23-4-7-26-10-13-29-16-19-32-35(22,33-20-17-30-14-11-27-8-5-24-2)34-21-18-31-15-12-28-9-6-25-3/h2*4-21H2,1-3H3. The SMILES string of the molecule is COCCOCCOCCOP(=O)(OCCOCCOCCOC)OCCOCCOCCOC.COCCOCCOCCOP(=O)(OCCOCCOCCOC)OCCOCCOCCOC. The molecule has 0 aromatic heterocycles. The van der Waals surface area contributed by atoms with Gasteiger partial charge in [-0.25, -0.2) is 9.13 Å². The summed E-state index contributed by atoms with van der Waals surface area (Å²) >= 11 is 0. The van der Waals surface area contributed by atoms with E-state index >= 15 is 0 Å². The van der Waals surface area contributed by atoms with E-state index in [1.54, 1.807) is 42.7 Å². The molecule has 0 aromatic carbocycles. The molecule has 0 N–H and O–H groups in total. The number of methoxy groups -OCH3 is 6. The molecular weight excluding hydrogens is 982 g/mol. The Labute approximate surface area is 417 Å². The monoisotopic (exact) mass is 1070 g/mol. The van der Waals surface area contributed by atoms with E-state index in [1.165, 1.54) is 0 Å². The van der Waals surface area contributed by atoms with Crippen molar-refractivity contribution < 1.29 is 122 Å². The summed E-state index contributed by atoms with van der Waals surface area (Å²) in [4.78, 5) is 0. The maximum atomic E-state index is 12.9. The van der Waals surface area contributed by atoms with Gasteiger partial charge in [0.1, 0.15) is 0 Å². The van der Waals surface area contributed by atoms with E-state index in [9.17, 15) is 9.13 Å². The molecule has 0 saturated carbocycles. The maximum absolute atomic E-state index is 12.9. The molecule has 424 valence electrons. The van der Waals surface area contributed by atoms with Gasteiger partial charge in [0.05, 0.1) is 238 Å². The van der Waals surface area contributed by atoms with E-state index in [-0.39, 0.29) is 79.3 Å². The first-order chi connectivity index (χ1) is 34.4. The first-order valence-corrected chi connectivity index (χ1v) is 26.2. The molecular formula is C42H90O26P2. The second-order valence-corrected chi connectivity index (χ2v) is 16.5. The highest BCUT2D eigenvalue weighted by molar-refractivity contribution is 7.48. The van der Waals surface area contributed by atoms with Crippen molar-refractivity contribution in [2.75, 3.05) is 281 Å². The van der Waals surface area contributed by atoms with Crippen LogP contribution in [-0.2, 0) is 122 Å². The lowest BCUT2D eigenvalue weighted by atomic mass is 10.7. The number of ether oxygens (including phenoxy) is 18. The van der Waals surface area contributed by atoms with Crippen molar-refractivity contribution in [1.29, 1.82) is 0 Å². The Balaban J connectivity index is 0. The first-order valence-electron chi connectivity index (χ1n) is 23.3. The van der Waals surface area contributed by atoms with Crippen molar-refractivity contribution in [3.05, 3.63) is 0 Å². The molecule has 0 aliphatic heterocycles. The lowest BCUT2D eigenvalue weighted by Crippen LogP contribution is -2.15. The van der Waals surface area contributed by atoms with Gasteiger partial charge in [0.25, 0.3) is 0 Å². The van der Waals surface area contributed by atoms with E-state index in [4.69, 9.17) is 112 Å². The van der Waals surface area contributed by atoms with Gasteiger partial charge < -0.3 is 85.3 Å². The summed E-state index contributed by atoms with van der Waals surface area (Å²) in [6, 6.07) is 0. The zero-order valence-corrected chi connectivity index (χ0v) is 44.8. The summed E-state index contributed by atoms with van der Waals surface area (Å²) in [5, 5.41) is 0. The summed E-state index contributed by atoms with van der Waals surface area (Å²) in [5.41, 5.74) is 0. The van der Waals surface area contributed by atoms with Gasteiger partial charge in [0.2, 0.25) is 0 Å². The van der Waals surface area contributed by atoms with E-state index in [1.807, 2.05) is 0 Å². The van der Waals surface area contributed by atoms with Crippen molar-refractivity contribution in [2.45, 2.75) is 0 Å². The quantitative estimate of drug-likeness (QED) is 0.0626. The van der Waals surface area contributed by atoms with E-state index in [2.05, 4.69) is 0 Å². The molecule has 26 nitrogen and oxygen atoms in total. The van der Waals surface area contributed by atoms with Gasteiger partial charge in [0.15, 0.2) is 0 Å². The predicted molar refractivity (Wildman–Crippen MR) is 252 cm³/mol. The molecule has 0 aromatic rings. The van der Waals surface area contributed by atoms with Crippen LogP contribution in [0.2, 0.25) is 0 Å². The predicted octanol–water partition coefficient (Wildman–Crippen LogP) is 2.37.